The van der Waals surface area contributed by atoms with Gasteiger partial charge in [0.2, 0.25) is 5.28 Å². The van der Waals surface area contributed by atoms with E-state index in [0.717, 1.165) is 0 Å². The molecule has 7 nitrogen and oxygen atoms in total. The van der Waals surface area contributed by atoms with E-state index in [1.54, 1.807) is 26.2 Å². The normalized spacial score (nSPS) is 11.4. The SMILES string of the molecule is CCCS(=O)(=O)c1cc(OCCOC)ccc1Nc1nc(Cl)ncc1Cl. The Labute approximate surface area is 162 Å². The predicted molar refractivity (Wildman–Crippen MR) is 101 cm³/mol. The second-order valence-corrected chi connectivity index (χ2v) is 8.10. The van der Waals surface area contributed by atoms with Crippen molar-refractivity contribution in [1.82, 2.24) is 9.97 Å². The number of rotatable bonds is 9. The van der Waals surface area contributed by atoms with Crippen LogP contribution in [0.4, 0.5) is 11.5 Å². The Morgan fingerprint density at radius 2 is 2.00 bits per heavy atom. The summed E-state index contributed by atoms with van der Waals surface area (Å²) < 4.78 is 35.8. The zero-order valence-corrected chi connectivity index (χ0v) is 16.7. The number of nitrogens with zero attached hydrogens (tertiary/aromatic N) is 2. The van der Waals surface area contributed by atoms with Crippen molar-refractivity contribution in [3.63, 3.8) is 0 Å². The van der Waals surface area contributed by atoms with Crippen molar-refractivity contribution in [1.29, 1.82) is 0 Å². The number of anilines is 2. The first-order valence-corrected chi connectivity index (χ1v) is 10.2. The Kier molecular flexibility index (Phi) is 7.45. The van der Waals surface area contributed by atoms with Gasteiger partial charge in [-0.3, -0.25) is 0 Å². The summed E-state index contributed by atoms with van der Waals surface area (Å²) in [7, 11) is -1.97. The fourth-order valence-electron chi connectivity index (χ4n) is 2.14. The fraction of sp³-hybridized carbons (Fsp3) is 0.375. The third-order valence-electron chi connectivity index (χ3n) is 3.28. The van der Waals surface area contributed by atoms with E-state index in [9.17, 15) is 8.42 Å². The summed E-state index contributed by atoms with van der Waals surface area (Å²) in [6, 6.07) is 4.72. The lowest BCUT2D eigenvalue weighted by Gasteiger charge is -2.15. The molecule has 0 saturated carbocycles. The van der Waals surface area contributed by atoms with Crippen molar-refractivity contribution in [3.8, 4) is 5.75 Å². The molecule has 0 aliphatic carbocycles. The van der Waals surface area contributed by atoms with Gasteiger partial charge >= 0.3 is 0 Å². The topological polar surface area (TPSA) is 90.4 Å². The van der Waals surface area contributed by atoms with Gasteiger partial charge in [-0.05, 0) is 30.2 Å². The molecule has 0 amide bonds. The number of methoxy groups -OCH3 is 1. The van der Waals surface area contributed by atoms with E-state index in [2.05, 4.69) is 15.3 Å². The average Bonchev–Trinajstić information content (AvgIpc) is 2.59. The molecule has 1 aromatic heterocycles. The lowest BCUT2D eigenvalue weighted by molar-refractivity contribution is 0.146. The summed E-state index contributed by atoms with van der Waals surface area (Å²) in [5.41, 5.74) is 0.328. The molecule has 10 heteroatoms. The van der Waals surface area contributed by atoms with Crippen LogP contribution in [0.25, 0.3) is 0 Å². The van der Waals surface area contributed by atoms with E-state index in [0.29, 0.717) is 31.1 Å². The van der Waals surface area contributed by atoms with Gasteiger partial charge in [0.25, 0.3) is 0 Å². The van der Waals surface area contributed by atoms with Gasteiger partial charge in [0.05, 0.1) is 29.1 Å². The van der Waals surface area contributed by atoms with Crippen LogP contribution in [0.3, 0.4) is 0 Å². The summed E-state index contributed by atoms with van der Waals surface area (Å²) in [4.78, 5) is 7.86. The highest BCUT2D eigenvalue weighted by Crippen LogP contribution is 2.32. The van der Waals surface area contributed by atoms with Crippen LogP contribution in [-0.2, 0) is 14.6 Å². The van der Waals surface area contributed by atoms with Crippen molar-refractivity contribution < 1.29 is 17.9 Å². The highest BCUT2D eigenvalue weighted by Gasteiger charge is 2.20. The van der Waals surface area contributed by atoms with Gasteiger partial charge in [0.1, 0.15) is 17.4 Å². The van der Waals surface area contributed by atoms with Crippen LogP contribution in [-0.4, -0.2) is 44.5 Å². The monoisotopic (exact) mass is 419 g/mol. The minimum Gasteiger partial charge on any atom is -0.491 e. The summed E-state index contributed by atoms with van der Waals surface area (Å²) >= 11 is 11.8. The molecular formula is C16H19Cl2N3O4S. The molecule has 0 fully saturated rings. The van der Waals surface area contributed by atoms with Crippen LogP contribution in [0, 0.1) is 0 Å². The second kappa shape index (κ2) is 9.36. The van der Waals surface area contributed by atoms with Crippen molar-refractivity contribution in [3.05, 3.63) is 34.7 Å². The Balaban J connectivity index is 2.42. The molecule has 1 heterocycles. The standard InChI is InChI=1S/C16H19Cl2N3O4S/c1-3-8-26(22,23)14-9-11(25-7-6-24-2)4-5-13(14)20-15-12(17)10-19-16(18)21-15/h4-5,9-10H,3,6-8H2,1-2H3,(H,19,20,21). The summed E-state index contributed by atoms with van der Waals surface area (Å²) in [5.74, 6) is 0.642. The first-order valence-electron chi connectivity index (χ1n) is 7.81. The minimum atomic E-state index is -3.53. The maximum absolute atomic E-state index is 12.7. The quantitative estimate of drug-likeness (QED) is 0.488. The summed E-state index contributed by atoms with van der Waals surface area (Å²) in [5, 5.41) is 3.12. The molecule has 2 aromatic rings. The first-order chi connectivity index (χ1) is 12.4. The average molecular weight is 420 g/mol. The molecule has 2 rings (SSSR count). The lowest BCUT2D eigenvalue weighted by Crippen LogP contribution is -2.11. The molecule has 1 N–H and O–H groups in total. The summed E-state index contributed by atoms with van der Waals surface area (Å²) in [6.45, 7) is 2.50. The largest absolute Gasteiger partial charge is 0.491 e. The number of hydrogen-bond acceptors (Lipinski definition) is 7. The van der Waals surface area contributed by atoms with Crippen LogP contribution in [0.2, 0.25) is 10.3 Å². The van der Waals surface area contributed by atoms with Crippen LogP contribution in [0.5, 0.6) is 5.75 Å². The van der Waals surface area contributed by atoms with Gasteiger partial charge in [-0.1, -0.05) is 18.5 Å². The lowest BCUT2D eigenvalue weighted by atomic mass is 10.3. The third-order valence-corrected chi connectivity index (χ3v) is 5.70. The molecule has 0 atom stereocenters. The van der Waals surface area contributed by atoms with E-state index in [4.69, 9.17) is 32.7 Å². The molecule has 0 aliphatic heterocycles. The second-order valence-electron chi connectivity index (χ2n) is 5.28. The van der Waals surface area contributed by atoms with E-state index >= 15 is 0 Å². The van der Waals surface area contributed by atoms with Crippen LogP contribution >= 0.6 is 23.2 Å². The van der Waals surface area contributed by atoms with Crippen molar-refractivity contribution in [2.75, 3.05) is 31.4 Å². The van der Waals surface area contributed by atoms with Gasteiger partial charge in [-0.2, -0.15) is 4.98 Å². The molecule has 0 bridgehead atoms. The van der Waals surface area contributed by atoms with Crippen LogP contribution < -0.4 is 10.1 Å². The number of hydrogen-bond donors (Lipinski definition) is 1. The number of aromatic nitrogens is 2. The van der Waals surface area contributed by atoms with Crippen molar-refractivity contribution in [2.45, 2.75) is 18.2 Å². The van der Waals surface area contributed by atoms with Crippen molar-refractivity contribution in [2.24, 2.45) is 0 Å². The van der Waals surface area contributed by atoms with Crippen molar-refractivity contribution >= 4 is 44.5 Å². The third kappa shape index (κ3) is 5.44. The predicted octanol–water partition coefficient (Wildman–Crippen LogP) is 3.74. The number of halogens is 2. The highest BCUT2D eigenvalue weighted by molar-refractivity contribution is 7.91. The van der Waals surface area contributed by atoms with Gasteiger partial charge in [0, 0.05) is 13.2 Å². The first kappa shape index (κ1) is 20.7. The van der Waals surface area contributed by atoms with Gasteiger partial charge < -0.3 is 14.8 Å². The molecule has 1 aromatic carbocycles. The molecule has 0 spiro atoms. The number of sulfone groups is 1. The van der Waals surface area contributed by atoms with Crippen LogP contribution in [0.15, 0.2) is 29.3 Å². The maximum Gasteiger partial charge on any atom is 0.224 e. The zero-order chi connectivity index (χ0) is 19.2. The number of nitrogens with one attached hydrogen (secondary N) is 1. The number of benzene rings is 1. The van der Waals surface area contributed by atoms with E-state index < -0.39 is 9.84 Å². The zero-order valence-electron chi connectivity index (χ0n) is 14.3. The van der Waals surface area contributed by atoms with E-state index in [1.807, 2.05) is 0 Å². The maximum atomic E-state index is 12.7. The molecule has 26 heavy (non-hydrogen) atoms. The number of ether oxygens (including phenoxy) is 2. The smallest absolute Gasteiger partial charge is 0.224 e. The molecule has 0 aliphatic rings. The van der Waals surface area contributed by atoms with Gasteiger partial charge in [-0.15, -0.1) is 0 Å². The minimum absolute atomic E-state index is 0.00145. The molecule has 0 saturated heterocycles. The van der Waals surface area contributed by atoms with E-state index in [1.165, 1.54) is 12.3 Å². The van der Waals surface area contributed by atoms with Gasteiger partial charge in [0.15, 0.2) is 15.7 Å². The van der Waals surface area contributed by atoms with E-state index in [-0.39, 0.29) is 26.8 Å². The Morgan fingerprint density at radius 1 is 1.23 bits per heavy atom. The molecule has 0 radical (unpaired) electrons. The molecule has 0 unspecified atom stereocenters. The van der Waals surface area contributed by atoms with Crippen LogP contribution in [0.1, 0.15) is 13.3 Å². The fourth-order valence-corrected chi connectivity index (χ4v) is 3.91. The molecular weight excluding hydrogens is 401 g/mol. The highest BCUT2D eigenvalue weighted by atomic mass is 35.5. The Bertz CT molecular complexity index is 863. The molecule has 142 valence electrons. The Hall–Kier alpha value is -1.61. The Morgan fingerprint density at radius 3 is 2.69 bits per heavy atom. The summed E-state index contributed by atoms with van der Waals surface area (Å²) in [6.07, 6.45) is 1.82. The van der Waals surface area contributed by atoms with Gasteiger partial charge in [-0.25, -0.2) is 13.4 Å².